The quantitative estimate of drug-likeness (QED) is 0.501. The lowest BCUT2D eigenvalue weighted by Crippen LogP contribution is -2.46. The van der Waals surface area contributed by atoms with Crippen molar-refractivity contribution in [2.75, 3.05) is 45.2 Å². The van der Waals surface area contributed by atoms with E-state index in [4.69, 9.17) is 11.6 Å². The molecule has 1 aromatic heterocycles. The fourth-order valence-electron chi connectivity index (χ4n) is 5.21. The Labute approximate surface area is 216 Å². The van der Waals surface area contributed by atoms with Gasteiger partial charge in [-0.2, -0.15) is 8.78 Å². The number of carbonyl (C=O) groups is 2. The number of carbonyl (C=O) groups excluding carboxylic acids is 2. The number of aromatic nitrogens is 1. The van der Waals surface area contributed by atoms with E-state index in [1.165, 1.54) is 34.1 Å². The van der Waals surface area contributed by atoms with Crippen molar-refractivity contribution in [1.29, 1.82) is 0 Å². The summed E-state index contributed by atoms with van der Waals surface area (Å²) in [6.45, 7) is 2.47. The molecule has 0 saturated carbocycles. The van der Waals surface area contributed by atoms with Crippen LogP contribution in [0.25, 0.3) is 0 Å². The molecule has 2 aromatic rings. The van der Waals surface area contributed by atoms with E-state index in [1.807, 2.05) is 6.07 Å². The van der Waals surface area contributed by atoms with Crippen LogP contribution in [0.5, 0.6) is 0 Å². The molecule has 6 nitrogen and oxygen atoms in total. The maximum Gasteiger partial charge on any atom is 0.349 e. The molecule has 0 aliphatic carbocycles. The largest absolute Gasteiger partial charge is 0.357 e. The third kappa shape index (κ3) is 5.80. The predicted molar refractivity (Wildman–Crippen MR) is 136 cm³/mol. The van der Waals surface area contributed by atoms with Crippen molar-refractivity contribution in [3.05, 3.63) is 58.7 Å². The van der Waals surface area contributed by atoms with Gasteiger partial charge in [-0.05, 0) is 56.1 Å². The zero-order valence-electron chi connectivity index (χ0n) is 20.8. The van der Waals surface area contributed by atoms with Gasteiger partial charge < -0.3 is 14.7 Å². The lowest BCUT2D eigenvalue weighted by atomic mass is 9.82. The van der Waals surface area contributed by atoms with Gasteiger partial charge in [-0.1, -0.05) is 41.9 Å². The molecule has 3 heterocycles. The second-order valence-electron chi connectivity index (χ2n) is 10.0. The maximum absolute atomic E-state index is 14.7. The van der Waals surface area contributed by atoms with Crippen molar-refractivity contribution in [2.45, 2.75) is 38.0 Å². The maximum atomic E-state index is 14.7. The number of rotatable bonds is 6. The standard InChI is InChI=1S/C27H33ClF2N4O2/c1-32(2)25(35)22-8-9-23(31-24(22)28)33-14-10-19(11-15-33)18-20-12-16-34(17-13-20)26(36)27(29,30)21-6-4-3-5-7-21/h3-9,19-20H,10-18H2,1-2H3. The van der Waals surface area contributed by atoms with Gasteiger partial charge in [0, 0.05) is 45.8 Å². The molecule has 0 unspecified atom stereocenters. The third-order valence-electron chi connectivity index (χ3n) is 7.38. The summed E-state index contributed by atoms with van der Waals surface area (Å²) in [7, 11) is 3.36. The average Bonchev–Trinajstić information content (AvgIpc) is 2.89. The number of halogens is 3. The molecule has 9 heteroatoms. The highest BCUT2D eigenvalue weighted by Gasteiger charge is 2.44. The van der Waals surface area contributed by atoms with E-state index in [1.54, 1.807) is 26.2 Å². The Morgan fingerprint density at radius 3 is 2.11 bits per heavy atom. The summed E-state index contributed by atoms with van der Waals surface area (Å²) in [4.78, 5) is 34.2. The number of piperidine rings is 2. The zero-order chi connectivity index (χ0) is 25.9. The van der Waals surface area contributed by atoms with Crippen LogP contribution in [0.1, 0.15) is 48.0 Å². The minimum Gasteiger partial charge on any atom is -0.357 e. The van der Waals surface area contributed by atoms with Crippen LogP contribution in [-0.4, -0.2) is 66.9 Å². The Balaban J connectivity index is 1.24. The minimum absolute atomic E-state index is 0.172. The van der Waals surface area contributed by atoms with Gasteiger partial charge in [-0.25, -0.2) is 4.98 Å². The van der Waals surface area contributed by atoms with Crippen LogP contribution in [0, 0.1) is 11.8 Å². The molecule has 2 amide bonds. The number of hydrogen-bond donors (Lipinski definition) is 0. The van der Waals surface area contributed by atoms with Crippen molar-refractivity contribution in [2.24, 2.45) is 11.8 Å². The molecular weight excluding hydrogens is 486 g/mol. The van der Waals surface area contributed by atoms with E-state index in [2.05, 4.69) is 9.88 Å². The highest BCUT2D eigenvalue weighted by molar-refractivity contribution is 6.32. The van der Waals surface area contributed by atoms with Gasteiger partial charge >= 0.3 is 5.92 Å². The summed E-state index contributed by atoms with van der Waals surface area (Å²) in [5.41, 5.74) is 0.144. The second kappa shape index (κ2) is 11.1. The highest BCUT2D eigenvalue weighted by atomic mass is 35.5. The van der Waals surface area contributed by atoms with Crippen molar-refractivity contribution in [3.63, 3.8) is 0 Å². The molecule has 2 saturated heterocycles. The number of hydrogen-bond acceptors (Lipinski definition) is 4. The van der Waals surface area contributed by atoms with Crippen molar-refractivity contribution in [1.82, 2.24) is 14.8 Å². The van der Waals surface area contributed by atoms with E-state index in [-0.39, 0.29) is 16.6 Å². The molecule has 2 aliphatic rings. The molecule has 0 bridgehead atoms. The van der Waals surface area contributed by atoms with Crippen molar-refractivity contribution in [3.8, 4) is 0 Å². The van der Waals surface area contributed by atoms with Gasteiger partial charge in [0.25, 0.3) is 11.8 Å². The third-order valence-corrected chi connectivity index (χ3v) is 7.67. The molecule has 194 valence electrons. The smallest absolute Gasteiger partial charge is 0.349 e. The van der Waals surface area contributed by atoms with Crippen LogP contribution in [0.15, 0.2) is 42.5 Å². The van der Waals surface area contributed by atoms with Crippen LogP contribution < -0.4 is 4.90 Å². The predicted octanol–water partition coefficient (Wildman–Crippen LogP) is 5.07. The Bertz CT molecular complexity index is 1070. The normalized spacial score (nSPS) is 17.8. The van der Waals surface area contributed by atoms with E-state index < -0.39 is 11.8 Å². The minimum atomic E-state index is -3.49. The van der Waals surface area contributed by atoms with Gasteiger partial charge in [-0.15, -0.1) is 0 Å². The Hall–Kier alpha value is -2.74. The van der Waals surface area contributed by atoms with Crippen molar-refractivity contribution >= 4 is 29.2 Å². The van der Waals surface area contributed by atoms with Crippen LogP contribution in [0.2, 0.25) is 5.15 Å². The molecule has 36 heavy (non-hydrogen) atoms. The fraction of sp³-hybridized carbons (Fsp3) is 0.519. The summed E-state index contributed by atoms with van der Waals surface area (Å²) in [5, 5.41) is 0.215. The topological polar surface area (TPSA) is 56.8 Å². The summed E-state index contributed by atoms with van der Waals surface area (Å²) in [5.74, 6) is -2.97. The van der Waals surface area contributed by atoms with Crippen molar-refractivity contribution < 1.29 is 18.4 Å². The highest BCUT2D eigenvalue weighted by Crippen LogP contribution is 2.35. The second-order valence-corrected chi connectivity index (χ2v) is 10.4. The first-order valence-corrected chi connectivity index (χ1v) is 12.9. The lowest BCUT2D eigenvalue weighted by molar-refractivity contribution is -0.160. The van der Waals surface area contributed by atoms with Gasteiger partial charge in [-0.3, -0.25) is 9.59 Å². The molecule has 2 fully saturated rings. The number of alkyl halides is 2. The molecule has 0 N–H and O–H groups in total. The number of anilines is 1. The number of benzene rings is 1. The molecular formula is C27H33ClF2N4O2. The SMILES string of the molecule is CN(C)C(=O)c1ccc(N2CCC(CC3CCN(C(=O)C(F)(F)c4ccccc4)CC3)CC2)nc1Cl. The number of pyridine rings is 1. The van der Waals surface area contributed by atoms with E-state index >= 15 is 0 Å². The average molecular weight is 519 g/mol. The Morgan fingerprint density at radius 1 is 0.972 bits per heavy atom. The molecule has 0 atom stereocenters. The van der Waals surface area contributed by atoms with Crippen LogP contribution >= 0.6 is 11.6 Å². The van der Waals surface area contributed by atoms with Gasteiger partial charge in [0.05, 0.1) is 5.56 Å². The van der Waals surface area contributed by atoms with Gasteiger partial charge in [0.15, 0.2) is 0 Å². The van der Waals surface area contributed by atoms with Crippen LogP contribution in [0.4, 0.5) is 14.6 Å². The molecule has 1 aromatic carbocycles. The Morgan fingerprint density at radius 2 is 1.56 bits per heavy atom. The van der Waals surface area contributed by atoms with E-state index in [0.29, 0.717) is 30.5 Å². The van der Waals surface area contributed by atoms with Crippen LogP contribution in [0.3, 0.4) is 0 Å². The van der Waals surface area contributed by atoms with Gasteiger partial charge in [0.1, 0.15) is 11.0 Å². The van der Waals surface area contributed by atoms with Crippen LogP contribution in [-0.2, 0) is 10.7 Å². The molecule has 2 aliphatic heterocycles. The first-order valence-electron chi connectivity index (χ1n) is 12.5. The van der Waals surface area contributed by atoms with E-state index in [0.717, 1.165) is 51.0 Å². The summed E-state index contributed by atoms with van der Waals surface area (Å²) >= 11 is 6.28. The Kier molecular flexibility index (Phi) is 8.13. The first-order chi connectivity index (χ1) is 17.2. The zero-order valence-corrected chi connectivity index (χ0v) is 21.6. The molecule has 4 rings (SSSR count). The number of likely N-dealkylation sites (tertiary alicyclic amines) is 1. The summed E-state index contributed by atoms with van der Waals surface area (Å²) < 4.78 is 29.3. The molecule has 0 radical (unpaired) electrons. The monoisotopic (exact) mass is 518 g/mol. The lowest BCUT2D eigenvalue weighted by Gasteiger charge is -2.38. The van der Waals surface area contributed by atoms with E-state index in [9.17, 15) is 18.4 Å². The molecule has 0 spiro atoms. The first kappa shape index (κ1) is 26.3. The summed E-state index contributed by atoms with van der Waals surface area (Å²) in [6, 6.07) is 10.9. The number of nitrogens with zero attached hydrogens (tertiary/aromatic N) is 4. The number of amides is 2. The fourth-order valence-corrected chi connectivity index (χ4v) is 5.44. The summed E-state index contributed by atoms with van der Waals surface area (Å²) in [6.07, 6.45) is 4.60. The van der Waals surface area contributed by atoms with Gasteiger partial charge in [0.2, 0.25) is 0 Å².